The maximum Gasteiger partial charge on any atom is 0.335 e. The number of aromatic nitrogens is 3. The van der Waals surface area contributed by atoms with Gasteiger partial charge in [0, 0.05) is 12.6 Å². The van der Waals surface area contributed by atoms with Gasteiger partial charge in [0.05, 0.1) is 22.8 Å². The molecule has 19 heavy (non-hydrogen) atoms. The Morgan fingerprint density at radius 1 is 1.26 bits per heavy atom. The first-order chi connectivity index (χ1) is 9.24. The fourth-order valence-electron chi connectivity index (χ4n) is 2.06. The number of carbonyl (C=O) groups is 1. The molecule has 5 heteroatoms. The molecule has 0 bridgehead atoms. The lowest BCUT2D eigenvalue weighted by Gasteiger charge is -2.03. The summed E-state index contributed by atoms with van der Waals surface area (Å²) in [5.74, 6) is -0.190. The molecule has 0 radical (unpaired) electrons. The average Bonchev–Trinajstić information content (AvgIpc) is 2.81. The molecular weight excluding hydrogens is 242 g/mol. The van der Waals surface area contributed by atoms with Crippen LogP contribution in [0, 0.1) is 0 Å². The maximum absolute atomic E-state index is 11.1. The largest absolute Gasteiger partial charge is 0.478 e. The Hall–Kier alpha value is -2.69. The van der Waals surface area contributed by atoms with Crippen LogP contribution in [0.25, 0.3) is 11.0 Å². The number of rotatable bonds is 3. The van der Waals surface area contributed by atoms with Crippen LogP contribution in [-0.2, 0) is 6.42 Å². The number of aromatic carboxylic acids is 1. The molecule has 3 rings (SSSR count). The topological polar surface area (TPSA) is 78.9 Å². The maximum atomic E-state index is 11.1. The molecule has 94 valence electrons. The van der Waals surface area contributed by atoms with Gasteiger partial charge < -0.3 is 10.1 Å². The first-order valence-corrected chi connectivity index (χ1v) is 5.84. The molecule has 0 atom stereocenters. The number of carboxylic acids is 1. The van der Waals surface area contributed by atoms with E-state index >= 15 is 0 Å². The van der Waals surface area contributed by atoms with Crippen molar-refractivity contribution in [3.8, 4) is 0 Å². The lowest BCUT2D eigenvalue weighted by molar-refractivity contribution is 0.0696. The van der Waals surface area contributed by atoms with Gasteiger partial charge in [0.15, 0.2) is 0 Å². The van der Waals surface area contributed by atoms with E-state index < -0.39 is 5.97 Å². The van der Waals surface area contributed by atoms with Crippen LogP contribution in [0.1, 0.15) is 21.7 Å². The zero-order valence-electron chi connectivity index (χ0n) is 10.00. The fraction of sp³-hybridized carbons (Fsp3) is 0.0714. The normalized spacial score (nSPS) is 10.7. The monoisotopic (exact) mass is 253 g/mol. The van der Waals surface area contributed by atoms with Gasteiger partial charge in [-0.15, -0.1) is 0 Å². The summed E-state index contributed by atoms with van der Waals surface area (Å²) in [7, 11) is 0. The van der Waals surface area contributed by atoms with Crippen LogP contribution in [-0.4, -0.2) is 26.0 Å². The molecule has 2 aromatic heterocycles. The summed E-state index contributed by atoms with van der Waals surface area (Å²) in [6.45, 7) is 0. The van der Waals surface area contributed by atoms with Gasteiger partial charge in [-0.25, -0.2) is 9.78 Å². The number of hydrogen-bond donors (Lipinski definition) is 2. The van der Waals surface area contributed by atoms with Gasteiger partial charge >= 0.3 is 5.97 Å². The molecule has 0 aliphatic rings. The van der Waals surface area contributed by atoms with Gasteiger partial charge in [0.2, 0.25) is 0 Å². The average molecular weight is 253 g/mol. The zero-order valence-corrected chi connectivity index (χ0v) is 10.00. The number of aromatic amines is 1. The predicted octanol–water partition coefficient (Wildman–Crippen LogP) is 2.25. The number of benzene rings is 1. The summed E-state index contributed by atoms with van der Waals surface area (Å²) in [6.07, 6.45) is 3.84. The van der Waals surface area contributed by atoms with Crippen molar-refractivity contribution < 1.29 is 9.90 Å². The number of pyridine rings is 1. The van der Waals surface area contributed by atoms with E-state index in [1.807, 2.05) is 12.1 Å². The summed E-state index contributed by atoms with van der Waals surface area (Å²) < 4.78 is 0. The third-order valence-electron chi connectivity index (χ3n) is 2.94. The number of nitrogens with one attached hydrogen (secondary N) is 1. The third kappa shape index (κ3) is 2.18. The highest BCUT2D eigenvalue weighted by molar-refractivity contribution is 5.89. The van der Waals surface area contributed by atoms with E-state index in [-0.39, 0.29) is 0 Å². The molecule has 0 unspecified atom stereocenters. The number of hydrogen-bond acceptors (Lipinski definition) is 3. The number of fused-ring (bicyclic) bond motifs is 1. The minimum atomic E-state index is -0.923. The molecule has 0 aliphatic carbocycles. The first kappa shape index (κ1) is 11.4. The Labute approximate surface area is 109 Å². The molecule has 0 saturated heterocycles. The van der Waals surface area contributed by atoms with Crippen molar-refractivity contribution in [2.75, 3.05) is 0 Å². The highest BCUT2D eigenvalue weighted by atomic mass is 16.4. The quantitative estimate of drug-likeness (QED) is 0.750. The van der Waals surface area contributed by atoms with Crippen LogP contribution in [0.5, 0.6) is 0 Å². The highest BCUT2D eigenvalue weighted by Gasteiger charge is 2.11. The van der Waals surface area contributed by atoms with Crippen LogP contribution in [0.4, 0.5) is 0 Å². The van der Waals surface area contributed by atoms with Crippen LogP contribution in [0.15, 0.2) is 42.7 Å². The number of H-pyrrole nitrogens is 1. The second-order valence-electron chi connectivity index (χ2n) is 4.22. The molecule has 1 aromatic carbocycles. The fourth-order valence-corrected chi connectivity index (χ4v) is 2.06. The van der Waals surface area contributed by atoms with Gasteiger partial charge in [-0.05, 0) is 17.7 Å². The standard InChI is InChI=1S/C14H11N3O2/c18-14(19)10-4-2-1-3-9(10)7-13-16-11-5-6-15-8-12(11)17-13/h1-6,8H,7H2,(H,16,17)(H,18,19). The Balaban J connectivity index is 1.99. The zero-order chi connectivity index (χ0) is 13.2. The smallest absolute Gasteiger partial charge is 0.335 e. The summed E-state index contributed by atoms with van der Waals surface area (Å²) in [5.41, 5.74) is 2.73. The second kappa shape index (κ2) is 4.53. The van der Waals surface area contributed by atoms with E-state index in [2.05, 4.69) is 15.0 Å². The first-order valence-electron chi connectivity index (χ1n) is 5.84. The SMILES string of the molecule is O=C(O)c1ccccc1Cc1nc2ccncc2[nH]1. The molecule has 0 spiro atoms. The number of nitrogens with zero attached hydrogens (tertiary/aromatic N) is 2. The Morgan fingerprint density at radius 2 is 2.11 bits per heavy atom. The van der Waals surface area contributed by atoms with E-state index in [1.54, 1.807) is 30.6 Å². The van der Waals surface area contributed by atoms with Crippen molar-refractivity contribution in [3.63, 3.8) is 0 Å². The predicted molar refractivity (Wildman–Crippen MR) is 70.1 cm³/mol. The van der Waals surface area contributed by atoms with Crippen molar-refractivity contribution in [3.05, 3.63) is 59.7 Å². The molecule has 5 nitrogen and oxygen atoms in total. The van der Waals surface area contributed by atoms with E-state index in [9.17, 15) is 4.79 Å². The van der Waals surface area contributed by atoms with Gasteiger partial charge in [0.1, 0.15) is 5.82 Å². The summed E-state index contributed by atoms with van der Waals surface area (Å²) in [6, 6.07) is 8.76. The van der Waals surface area contributed by atoms with E-state index in [0.717, 1.165) is 22.4 Å². The van der Waals surface area contributed by atoms with Crippen molar-refractivity contribution >= 4 is 17.0 Å². The van der Waals surface area contributed by atoms with Crippen LogP contribution < -0.4 is 0 Å². The van der Waals surface area contributed by atoms with E-state index in [4.69, 9.17) is 5.11 Å². The molecule has 3 aromatic rings. The van der Waals surface area contributed by atoms with E-state index in [0.29, 0.717) is 12.0 Å². The minimum Gasteiger partial charge on any atom is -0.478 e. The van der Waals surface area contributed by atoms with E-state index in [1.165, 1.54) is 0 Å². The lowest BCUT2D eigenvalue weighted by Crippen LogP contribution is -2.03. The van der Waals surface area contributed by atoms with Gasteiger partial charge in [0.25, 0.3) is 0 Å². The van der Waals surface area contributed by atoms with Crippen molar-refractivity contribution in [1.82, 2.24) is 15.0 Å². The molecule has 0 saturated carbocycles. The summed E-state index contributed by atoms with van der Waals surface area (Å²) >= 11 is 0. The van der Waals surface area contributed by atoms with Gasteiger partial charge in [-0.1, -0.05) is 18.2 Å². The van der Waals surface area contributed by atoms with Crippen LogP contribution >= 0.6 is 0 Å². The Bertz CT molecular complexity index is 716. The molecule has 0 amide bonds. The lowest BCUT2D eigenvalue weighted by atomic mass is 10.0. The third-order valence-corrected chi connectivity index (χ3v) is 2.94. The van der Waals surface area contributed by atoms with Gasteiger partial charge in [-0.2, -0.15) is 0 Å². The number of imidazole rings is 1. The minimum absolute atomic E-state index is 0.307. The van der Waals surface area contributed by atoms with Crippen molar-refractivity contribution in [2.24, 2.45) is 0 Å². The van der Waals surface area contributed by atoms with Gasteiger partial charge in [-0.3, -0.25) is 4.98 Å². The molecule has 2 heterocycles. The molecule has 0 fully saturated rings. The summed E-state index contributed by atoms with van der Waals surface area (Å²) in [4.78, 5) is 22.7. The van der Waals surface area contributed by atoms with Crippen LogP contribution in [0.2, 0.25) is 0 Å². The molecule has 2 N–H and O–H groups in total. The molecular formula is C14H11N3O2. The molecule has 0 aliphatic heterocycles. The Morgan fingerprint density at radius 3 is 2.89 bits per heavy atom. The Kier molecular flexibility index (Phi) is 2.72. The summed E-state index contributed by atoms with van der Waals surface area (Å²) in [5, 5.41) is 9.14. The van der Waals surface area contributed by atoms with Crippen molar-refractivity contribution in [2.45, 2.75) is 6.42 Å². The number of carboxylic acid groups (broad SMARTS) is 1. The highest BCUT2D eigenvalue weighted by Crippen LogP contribution is 2.15. The van der Waals surface area contributed by atoms with Crippen LogP contribution in [0.3, 0.4) is 0 Å². The second-order valence-corrected chi connectivity index (χ2v) is 4.22. The van der Waals surface area contributed by atoms with Crippen molar-refractivity contribution in [1.29, 1.82) is 0 Å².